The van der Waals surface area contributed by atoms with E-state index in [9.17, 15) is 14.7 Å². The normalized spacial score (nSPS) is 11.1. The van der Waals surface area contributed by atoms with E-state index in [2.05, 4.69) is 76.0 Å². The molecule has 1 amide bonds. The second-order valence-electron chi connectivity index (χ2n) is 8.80. The summed E-state index contributed by atoms with van der Waals surface area (Å²) in [5, 5.41) is 16.4. The summed E-state index contributed by atoms with van der Waals surface area (Å²) in [4.78, 5) is 26.0. The summed E-state index contributed by atoms with van der Waals surface area (Å²) in [6, 6.07) is 10.7. The average Bonchev–Trinajstić information content (AvgIpc) is 2.89. The first-order valence-electron chi connectivity index (χ1n) is 12.1. The van der Waals surface area contributed by atoms with Crippen molar-refractivity contribution in [2.24, 2.45) is 0 Å². The molecule has 1 aliphatic carbocycles. The van der Waals surface area contributed by atoms with Crippen molar-refractivity contribution >= 4 is 80.6 Å². The number of fused-ring (bicyclic) bond motifs is 2. The van der Waals surface area contributed by atoms with Crippen molar-refractivity contribution < 1.29 is 65.7 Å². The van der Waals surface area contributed by atoms with Crippen molar-refractivity contribution in [1.82, 2.24) is 5.32 Å². The van der Waals surface area contributed by atoms with Gasteiger partial charge >= 0.3 is 51.4 Å². The van der Waals surface area contributed by atoms with E-state index in [-0.39, 0.29) is 77.4 Å². The molecule has 0 fully saturated rings. The van der Waals surface area contributed by atoms with Crippen LogP contribution in [0, 0.1) is 0 Å². The molecule has 0 spiro atoms. The Morgan fingerprint density at radius 3 is 2.34 bits per heavy atom. The van der Waals surface area contributed by atoms with Crippen molar-refractivity contribution in [1.29, 1.82) is 0 Å². The minimum absolute atomic E-state index is 0. The van der Waals surface area contributed by atoms with E-state index in [1.54, 1.807) is 18.2 Å². The summed E-state index contributed by atoms with van der Waals surface area (Å²) < 4.78 is 7.29. The molecule has 0 bridgehead atoms. The topological polar surface area (TPSA) is 82.4 Å². The summed E-state index contributed by atoms with van der Waals surface area (Å²) >= 11 is 13.5. The largest absolute Gasteiger partial charge is 1.00 e. The van der Waals surface area contributed by atoms with Crippen molar-refractivity contribution in [2.75, 3.05) is 6.54 Å². The van der Waals surface area contributed by atoms with Gasteiger partial charge in [0.15, 0.2) is 5.76 Å². The van der Waals surface area contributed by atoms with Gasteiger partial charge in [-0.15, -0.1) is 0 Å². The van der Waals surface area contributed by atoms with E-state index in [1.807, 2.05) is 18.2 Å². The van der Waals surface area contributed by atoms with Crippen LogP contribution in [0.2, 0.25) is 0 Å². The Bertz CT molecular complexity index is 1510. The number of hydrogen-bond acceptors (Lipinski definition) is 4. The number of benzene rings is 3. The number of nitrogens with one attached hydrogen (secondary N) is 1. The molecule has 0 unspecified atom stereocenters. The van der Waals surface area contributed by atoms with Gasteiger partial charge in [-0.05, 0) is 78.0 Å². The Morgan fingerprint density at radius 2 is 1.61 bits per heavy atom. The monoisotopic (exact) mass is 793 g/mol. The minimum atomic E-state index is -0.276. The van der Waals surface area contributed by atoms with Crippen LogP contribution < -0.4 is 67.2 Å². The molecule has 2 aromatic carbocycles. The standard InChI is InChI=1S/C28H25Br4NO4.K/c1-2-3-4-5-6-9-12-33-28(36)16-11-8-7-10-15(16)21-17-13-19(29)24(34)22(31)26(17)37-27-18(21)14-20(30)25(35)23(27)32;/h7-8,10-11,13-14,34H,2-6,9,12H2,1H3,(H,33,36);/q;+1/p-1. The Hall–Kier alpha value is -0.0436. The van der Waals surface area contributed by atoms with E-state index in [0.29, 0.717) is 54.5 Å². The van der Waals surface area contributed by atoms with Crippen LogP contribution >= 0.6 is 63.7 Å². The summed E-state index contributed by atoms with van der Waals surface area (Å²) in [7, 11) is 0. The molecular weight excluding hydrogens is 773 g/mol. The molecule has 0 radical (unpaired) electrons. The molecule has 194 valence electrons. The zero-order valence-corrected chi connectivity index (χ0v) is 30.5. The van der Waals surface area contributed by atoms with Gasteiger partial charge in [-0.25, -0.2) is 0 Å². The number of carbonyl (C=O) groups is 1. The van der Waals surface area contributed by atoms with Gasteiger partial charge in [-0.1, -0.05) is 78.9 Å². The first-order chi connectivity index (χ1) is 17.8. The first-order valence-corrected chi connectivity index (χ1v) is 15.2. The molecule has 1 aliphatic heterocycles. The van der Waals surface area contributed by atoms with Crippen LogP contribution in [0.25, 0.3) is 33.4 Å². The predicted octanol–water partition coefficient (Wildman–Crippen LogP) is 5.78. The average molecular weight is 797 g/mol. The minimum Gasteiger partial charge on any atom is -0.871 e. The van der Waals surface area contributed by atoms with Crippen LogP contribution in [0.15, 0.2) is 63.5 Å². The molecule has 1 heterocycles. The fourth-order valence-corrected chi connectivity index (χ4v) is 6.78. The zero-order valence-electron chi connectivity index (χ0n) is 21.1. The molecule has 0 aromatic heterocycles. The molecule has 0 atom stereocenters. The van der Waals surface area contributed by atoms with E-state index < -0.39 is 0 Å². The van der Waals surface area contributed by atoms with Crippen molar-refractivity contribution in [3.63, 3.8) is 0 Å². The first kappa shape index (κ1) is 32.5. The van der Waals surface area contributed by atoms with Gasteiger partial charge in [-0.2, -0.15) is 0 Å². The predicted molar refractivity (Wildman–Crippen MR) is 160 cm³/mol. The fourth-order valence-electron chi connectivity index (χ4n) is 4.38. The van der Waals surface area contributed by atoms with E-state index in [0.717, 1.165) is 12.8 Å². The van der Waals surface area contributed by atoms with Crippen molar-refractivity contribution in [2.45, 2.75) is 45.4 Å². The zero-order chi connectivity index (χ0) is 26.7. The maximum Gasteiger partial charge on any atom is 1.00 e. The number of hydrogen-bond donors (Lipinski definition) is 1. The number of amides is 1. The summed E-state index contributed by atoms with van der Waals surface area (Å²) in [5.41, 5.74) is 2.49. The third-order valence-corrected chi connectivity index (χ3v) is 8.88. The molecule has 0 saturated carbocycles. The summed E-state index contributed by atoms with van der Waals surface area (Å²) in [6.45, 7) is 2.79. The maximum absolute atomic E-state index is 13.4. The Kier molecular flexibility index (Phi) is 12.6. The molecule has 1 N–H and O–H groups in total. The molecule has 2 aliphatic rings. The molecule has 2 aromatic rings. The van der Waals surface area contributed by atoms with Crippen molar-refractivity contribution in [3.05, 3.63) is 70.1 Å². The van der Waals surface area contributed by atoms with Gasteiger partial charge in [0.05, 0.1) is 8.95 Å². The van der Waals surface area contributed by atoms with Gasteiger partial charge in [0.25, 0.3) is 5.91 Å². The van der Waals surface area contributed by atoms with E-state index in [1.165, 1.54) is 25.7 Å². The van der Waals surface area contributed by atoms with E-state index >= 15 is 0 Å². The SMILES string of the molecule is CCCCCCCCNC(=O)c1ccccc1-c1c2cc(Br)c(=O)c(Br)c-2oc2c(Br)c([O-])c(Br)cc12.[K+]. The molecule has 0 saturated heterocycles. The van der Waals surface area contributed by atoms with Gasteiger partial charge in [-0.3, -0.25) is 9.59 Å². The van der Waals surface area contributed by atoms with Gasteiger partial charge < -0.3 is 14.8 Å². The number of carbonyl (C=O) groups excluding carboxylic acids is 1. The van der Waals surface area contributed by atoms with Crippen molar-refractivity contribution in [3.8, 4) is 28.2 Å². The quantitative estimate of drug-likeness (QED) is 0.132. The van der Waals surface area contributed by atoms with Crippen LogP contribution in [0.4, 0.5) is 0 Å². The van der Waals surface area contributed by atoms with Crippen LogP contribution in [-0.4, -0.2) is 12.5 Å². The molecular formula is C28H24Br4KNO4. The molecule has 10 heteroatoms. The molecule has 4 rings (SSSR count). The third kappa shape index (κ3) is 6.87. The molecule has 38 heavy (non-hydrogen) atoms. The fraction of sp³-hybridized carbons (Fsp3) is 0.286. The van der Waals surface area contributed by atoms with Gasteiger partial charge in [0, 0.05) is 33.1 Å². The number of unbranched alkanes of at least 4 members (excludes halogenated alkanes) is 5. The number of rotatable bonds is 9. The Labute approximate surface area is 297 Å². The second kappa shape index (κ2) is 14.7. The smallest absolute Gasteiger partial charge is 0.871 e. The van der Waals surface area contributed by atoms with Gasteiger partial charge in [0.1, 0.15) is 10.1 Å². The summed E-state index contributed by atoms with van der Waals surface area (Å²) in [6.07, 6.45) is 6.84. The maximum atomic E-state index is 13.4. The van der Waals surface area contributed by atoms with Crippen LogP contribution in [0.5, 0.6) is 5.75 Å². The Morgan fingerprint density at radius 1 is 0.921 bits per heavy atom. The number of halogens is 4. The van der Waals surface area contributed by atoms with Gasteiger partial charge in [0.2, 0.25) is 5.43 Å². The van der Waals surface area contributed by atoms with E-state index in [4.69, 9.17) is 4.42 Å². The summed E-state index contributed by atoms with van der Waals surface area (Å²) in [5.74, 6) is -0.161. The van der Waals surface area contributed by atoms with Crippen LogP contribution in [-0.2, 0) is 0 Å². The third-order valence-electron chi connectivity index (χ3n) is 6.26. The van der Waals surface area contributed by atoms with Crippen LogP contribution in [0.1, 0.15) is 55.8 Å². The van der Waals surface area contributed by atoms with Crippen LogP contribution in [0.3, 0.4) is 0 Å². The Balaban J connectivity index is 0.00000400. The second-order valence-corrected chi connectivity index (χ2v) is 12.1. The molecule has 5 nitrogen and oxygen atoms in total.